The van der Waals surface area contributed by atoms with Gasteiger partial charge in [-0.05, 0) is 36.8 Å². The highest BCUT2D eigenvalue weighted by molar-refractivity contribution is 7.90. The van der Waals surface area contributed by atoms with Crippen molar-refractivity contribution in [3.8, 4) is 0 Å². The maximum atomic E-state index is 11.5. The normalized spacial score (nSPS) is 11.5. The molecule has 0 radical (unpaired) electrons. The van der Waals surface area contributed by atoms with Gasteiger partial charge in [-0.1, -0.05) is 13.0 Å². The molecule has 2 rings (SSSR count). The SMILES string of the molecule is CCc1ccc(CNc2cccc(S(C)(=O)=O)c2)s1. The van der Waals surface area contributed by atoms with Crippen LogP contribution in [0.3, 0.4) is 0 Å². The summed E-state index contributed by atoms with van der Waals surface area (Å²) < 4.78 is 23.0. The van der Waals surface area contributed by atoms with Crippen molar-refractivity contribution < 1.29 is 8.42 Å². The molecule has 19 heavy (non-hydrogen) atoms. The average molecular weight is 295 g/mol. The predicted octanol–water partition coefficient (Wildman–Crippen LogP) is 3.33. The number of nitrogens with one attached hydrogen (secondary N) is 1. The van der Waals surface area contributed by atoms with Gasteiger partial charge in [0.15, 0.2) is 9.84 Å². The Morgan fingerprint density at radius 1 is 1.16 bits per heavy atom. The maximum Gasteiger partial charge on any atom is 0.175 e. The molecular weight excluding hydrogens is 278 g/mol. The van der Waals surface area contributed by atoms with E-state index in [0.717, 1.165) is 18.7 Å². The zero-order valence-corrected chi connectivity index (χ0v) is 12.6. The van der Waals surface area contributed by atoms with Crippen molar-refractivity contribution >= 4 is 26.9 Å². The lowest BCUT2D eigenvalue weighted by atomic mass is 10.3. The molecule has 0 atom stereocenters. The first-order valence-electron chi connectivity index (χ1n) is 6.10. The summed E-state index contributed by atoms with van der Waals surface area (Å²) in [6.45, 7) is 2.86. The third-order valence-electron chi connectivity index (χ3n) is 2.79. The van der Waals surface area contributed by atoms with E-state index in [1.54, 1.807) is 29.5 Å². The van der Waals surface area contributed by atoms with Gasteiger partial charge in [-0.25, -0.2) is 8.42 Å². The maximum absolute atomic E-state index is 11.5. The second-order valence-electron chi connectivity index (χ2n) is 4.38. The highest BCUT2D eigenvalue weighted by Crippen LogP contribution is 2.20. The van der Waals surface area contributed by atoms with Gasteiger partial charge in [-0.3, -0.25) is 0 Å². The number of hydrogen-bond acceptors (Lipinski definition) is 4. The Morgan fingerprint density at radius 2 is 1.89 bits per heavy atom. The molecule has 1 heterocycles. The van der Waals surface area contributed by atoms with Crippen LogP contribution in [0, 0.1) is 0 Å². The largest absolute Gasteiger partial charge is 0.380 e. The molecule has 0 saturated carbocycles. The fourth-order valence-corrected chi connectivity index (χ4v) is 3.30. The van der Waals surface area contributed by atoms with E-state index in [0.29, 0.717) is 4.90 Å². The van der Waals surface area contributed by atoms with E-state index in [4.69, 9.17) is 0 Å². The number of aryl methyl sites for hydroxylation is 1. The van der Waals surface area contributed by atoms with Gasteiger partial charge in [0.1, 0.15) is 0 Å². The van der Waals surface area contributed by atoms with Crippen LogP contribution >= 0.6 is 11.3 Å². The molecular formula is C14H17NO2S2. The number of sulfone groups is 1. The number of anilines is 1. The molecule has 102 valence electrons. The molecule has 1 aromatic heterocycles. The summed E-state index contributed by atoms with van der Waals surface area (Å²) >= 11 is 1.78. The van der Waals surface area contributed by atoms with Gasteiger partial charge >= 0.3 is 0 Å². The van der Waals surface area contributed by atoms with Gasteiger partial charge in [0.05, 0.1) is 4.90 Å². The van der Waals surface area contributed by atoms with Crippen LogP contribution in [-0.4, -0.2) is 14.7 Å². The Hall–Kier alpha value is -1.33. The Kier molecular flexibility index (Phi) is 4.27. The van der Waals surface area contributed by atoms with Gasteiger partial charge in [-0.15, -0.1) is 11.3 Å². The van der Waals surface area contributed by atoms with Crippen LogP contribution in [0.4, 0.5) is 5.69 Å². The van der Waals surface area contributed by atoms with E-state index in [-0.39, 0.29) is 0 Å². The van der Waals surface area contributed by atoms with Crippen molar-refractivity contribution in [2.24, 2.45) is 0 Å². The summed E-state index contributed by atoms with van der Waals surface area (Å²) in [5, 5.41) is 3.26. The molecule has 0 spiro atoms. The van der Waals surface area contributed by atoms with E-state index < -0.39 is 9.84 Å². The van der Waals surface area contributed by atoms with Crippen LogP contribution in [-0.2, 0) is 22.8 Å². The highest BCUT2D eigenvalue weighted by atomic mass is 32.2. The fraction of sp³-hybridized carbons (Fsp3) is 0.286. The third kappa shape index (κ3) is 3.81. The fourth-order valence-electron chi connectivity index (χ4n) is 1.73. The monoisotopic (exact) mass is 295 g/mol. The minimum atomic E-state index is -3.15. The molecule has 0 fully saturated rings. The Balaban J connectivity index is 2.07. The van der Waals surface area contributed by atoms with Crippen molar-refractivity contribution in [2.45, 2.75) is 24.8 Å². The van der Waals surface area contributed by atoms with Gasteiger partial charge in [0.25, 0.3) is 0 Å². The van der Waals surface area contributed by atoms with E-state index in [9.17, 15) is 8.42 Å². The quantitative estimate of drug-likeness (QED) is 0.920. The number of benzene rings is 1. The van der Waals surface area contributed by atoms with Gasteiger partial charge < -0.3 is 5.32 Å². The van der Waals surface area contributed by atoms with Crippen molar-refractivity contribution in [2.75, 3.05) is 11.6 Å². The smallest absolute Gasteiger partial charge is 0.175 e. The van der Waals surface area contributed by atoms with Crippen LogP contribution in [0.2, 0.25) is 0 Å². The van der Waals surface area contributed by atoms with Crippen LogP contribution in [0.25, 0.3) is 0 Å². The number of rotatable bonds is 5. The zero-order chi connectivity index (χ0) is 13.9. The summed E-state index contributed by atoms with van der Waals surface area (Å²) in [4.78, 5) is 2.96. The lowest BCUT2D eigenvalue weighted by Crippen LogP contribution is -2.01. The van der Waals surface area contributed by atoms with Crippen molar-refractivity contribution in [1.29, 1.82) is 0 Å². The van der Waals surface area contributed by atoms with Crippen molar-refractivity contribution in [1.82, 2.24) is 0 Å². The summed E-state index contributed by atoms with van der Waals surface area (Å²) in [5.74, 6) is 0. The lowest BCUT2D eigenvalue weighted by molar-refractivity contribution is 0.602. The average Bonchev–Trinajstić information content (AvgIpc) is 2.84. The summed E-state index contributed by atoms with van der Waals surface area (Å²) in [5.41, 5.74) is 0.828. The molecule has 0 unspecified atom stereocenters. The zero-order valence-electron chi connectivity index (χ0n) is 11.0. The number of hydrogen-bond donors (Lipinski definition) is 1. The third-order valence-corrected chi connectivity index (χ3v) is 5.13. The molecule has 1 N–H and O–H groups in total. The minimum Gasteiger partial charge on any atom is -0.380 e. The molecule has 0 amide bonds. The molecule has 0 aliphatic heterocycles. The van der Waals surface area contributed by atoms with Crippen LogP contribution < -0.4 is 5.32 Å². The van der Waals surface area contributed by atoms with E-state index in [2.05, 4.69) is 24.4 Å². The summed E-state index contributed by atoms with van der Waals surface area (Å²) in [7, 11) is -3.15. The standard InChI is InChI=1S/C14H17NO2S2/c1-3-12-7-8-13(18-12)10-15-11-5-4-6-14(9-11)19(2,16)17/h4-9,15H,3,10H2,1-2H3. The first kappa shape index (κ1) is 14.1. The Morgan fingerprint density at radius 3 is 2.53 bits per heavy atom. The topological polar surface area (TPSA) is 46.2 Å². The highest BCUT2D eigenvalue weighted by Gasteiger charge is 2.07. The minimum absolute atomic E-state index is 0.345. The second-order valence-corrected chi connectivity index (χ2v) is 7.64. The summed E-state index contributed by atoms with van der Waals surface area (Å²) in [6, 6.07) is 11.2. The first-order chi connectivity index (χ1) is 8.99. The first-order valence-corrected chi connectivity index (χ1v) is 8.81. The van der Waals surface area contributed by atoms with Crippen LogP contribution in [0.15, 0.2) is 41.3 Å². The van der Waals surface area contributed by atoms with Crippen LogP contribution in [0.5, 0.6) is 0 Å². The van der Waals surface area contributed by atoms with Crippen LogP contribution in [0.1, 0.15) is 16.7 Å². The molecule has 0 aliphatic carbocycles. The second kappa shape index (κ2) is 5.75. The molecule has 1 aromatic carbocycles. The molecule has 5 heteroatoms. The van der Waals surface area contributed by atoms with Gasteiger partial charge in [0.2, 0.25) is 0 Å². The predicted molar refractivity (Wildman–Crippen MR) is 80.6 cm³/mol. The molecule has 0 aliphatic rings. The summed E-state index contributed by atoms with van der Waals surface area (Å²) in [6.07, 6.45) is 2.27. The van der Waals surface area contributed by atoms with Crippen molar-refractivity contribution in [3.63, 3.8) is 0 Å². The Labute approximate surface area is 118 Å². The molecule has 0 bridgehead atoms. The lowest BCUT2D eigenvalue weighted by Gasteiger charge is -2.06. The van der Waals surface area contributed by atoms with E-state index >= 15 is 0 Å². The number of thiophene rings is 1. The van der Waals surface area contributed by atoms with Crippen molar-refractivity contribution in [3.05, 3.63) is 46.2 Å². The molecule has 3 nitrogen and oxygen atoms in total. The van der Waals surface area contributed by atoms with E-state index in [1.807, 2.05) is 6.07 Å². The Bertz CT molecular complexity index is 660. The molecule has 0 saturated heterocycles. The molecule has 2 aromatic rings. The van der Waals surface area contributed by atoms with Gasteiger partial charge in [-0.2, -0.15) is 0 Å². The van der Waals surface area contributed by atoms with E-state index in [1.165, 1.54) is 16.0 Å². The van der Waals surface area contributed by atoms with Gasteiger partial charge in [0, 0.05) is 28.2 Å².